The lowest BCUT2D eigenvalue weighted by Gasteiger charge is -2.29. The molecule has 0 aromatic heterocycles. The van der Waals surface area contributed by atoms with Gasteiger partial charge in [0.2, 0.25) is 10.0 Å². The standard InChI is InChI=1S/C27H28N2O6S/c30-26(31)21-13-15-29(16-14-21)36(34,35)22-11-12-25(23(17-22)27(32)33)28-18-24(19-7-3-1-4-8-19)20-9-5-2-6-10-20/h1-12,17,21,24,28H,13-16,18H2,(H,30,31)(H,32,33). The molecule has 0 spiro atoms. The van der Waals surface area contributed by atoms with Crippen molar-refractivity contribution < 1.29 is 28.2 Å². The third-order valence-corrected chi connectivity index (χ3v) is 8.46. The molecule has 0 radical (unpaired) electrons. The molecule has 1 aliphatic rings. The summed E-state index contributed by atoms with van der Waals surface area (Å²) in [5.41, 5.74) is 2.31. The van der Waals surface area contributed by atoms with Crippen LogP contribution in [0.3, 0.4) is 0 Å². The summed E-state index contributed by atoms with van der Waals surface area (Å²) >= 11 is 0. The van der Waals surface area contributed by atoms with E-state index >= 15 is 0 Å². The number of hydrogen-bond acceptors (Lipinski definition) is 5. The number of nitrogens with zero attached hydrogens (tertiary/aromatic N) is 1. The summed E-state index contributed by atoms with van der Waals surface area (Å²) in [6.07, 6.45) is 0.445. The van der Waals surface area contributed by atoms with Crippen molar-refractivity contribution in [2.45, 2.75) is 23.7 Å². The fourth-order valence-electron chi connectivity index (χ4n) is 4.52. The van der Waals surface area contributed by atoms with Crippen molar-refractivity contribution >= 4 is 27.6 Å². The van der Waals surface area contributed by atoms with Crippen molar-refractivity contribution in [3.63, 3.8) is 0 Å². The van der Waals surface area contributed by atoms with Crippen LogP contribution >= 0.6 is 0 Å². The van der Waals surface area contributed by atoms with Gasteiger partial charge in [0, 0.05) is 31.2 Å². The van der Waals surface area contributed by atoms with Gasteiger partial charge in [-0.15, -0.1) is 0 Å². The van der Waals surface area contributed by atoms with E-state index in [1.807, 2.05) is 60.7 Å². The van der Waals surface area contributed by atoms with Gasteiger partial charge in [0.25, 0.3) is 0 Å². The van der Waals surface area contributed by atoms with Gasteiger partial charge in [-0.25, -0.2) is 13.2 Å². The Morgan fingerprint density at radius 1 is 0.889 bits per heavy atom. The highest BCUT2D eigenvalue weighted by atomic mass is 32.2. The monoisotopic (exact) mass is 508 g/mol. The van der Waals surface area contributed by atoms with Gasteiger partial charge in [0.05, 0.1) is 16.4 Å². The molecule has 0 atom stereocenters. The maximum Gasteiger partial charge on any atom is 0.337 e. The summed E-state index contributed by atoms with van der Waals surface area (Å²) < 4.78 is 27.5. The number of piperidine rings is 1. The van der Waals surface area contributed by atoms with Crippen molar-refractivity contribution in [3.05, 3.63) is 95.6 Å². The number of carboxylic acid groups (broad SMARTS) is 2. The molecule has 1 heterocycles. The molecule has 1 aliphatic heterocycles. The molecule has 0 aliphatic carbocycles. The second-order valence-electron chi connectivity index (χ2n) is 8.78. The Labute approximate surface area is 210 Å². The fraction of sp³-hybridized carbons (Fsp3) is 0.259. The number of aliphatic carboxylic acids is 1. The number of benzene rings is 3. The van der Waals surface area contributed by atoms with Gasteiger partial charge in [-0.3, -0.25) is 4.79 Å². The molecular formula is C27H28N2O6S. The Morgan fingerprint density at radius 3 is 1.94 bits per heavy atom. The van der Waals surface area contributed by atoms with E-state index in [2.05, 4.69) is 5.32 Å². The Hall–Kier alpha value is -3.69. The van der Waals surface area contributed by atoms with Gasteiger partial charge < -0.3 is 15.5 Å². The van der Waals surface area contributed by atoms with E-state index in [4.69, 9.17) is 5.11 Å². The molecule has 9 heteroatoms. The van der Waals surface area contributed by atoms with Gasteiger partial charge in [-0.2, -0.15) is 4.31 Å². The van der Waals surface area contributed by atoms with Crippen molar-refractivity contribution in [2.24, 2.45) is 5.92 Å². The zero-order valence-electron chi connectivity index (χ0n) is 19.6. The lowest BCUT2D eigenvalue weighted by molar-refractivity contribution is -0.142. The minimum atomic E-state index is -3.95. The molecule has 1 saturated heterocycles. The van der Waals surface area contributed by atoms with Crippen LogP contribution in [0.4, 0.5) is 5.69 Å². The number of aromatic carboxylic acids is 1. The molecule has 1 fully saturated rings. The molecule has 0 bridgehead atoms. The van der Waals surface area contributed by atoms with E-state index in [0.717, 1.165) is 11.1 Å². The first kappa shape index (κ1) is 25.4. The van der Waals surface area contributed by atoms with Gasteiger partial charge >= 0.3 is 11.9 Å². The smallest absolute Gasteiger partial charge is 0.337 e. The van der Waals surface area contributed by atoms with E-state index in [9.17, 15) is 23.1 Å². The van der Waals surface area contributed by atoms with Crippen molar-refractivity contribution in [1.29, 1.82) is 0 Å². The highest BCUT2D eigenvalue weighted by Crippen LogP contribution is 2.29. The van der Waals surface area contributed by atoms with E-state index in [-0.39, 0.29) is 42.3 Å². The molecule has 4 rings (SSSR count). The van der Waals surface area contributed by atoms with Gasteiger partial charge in [-0.1, -0.05) is 60.7 Å². The van der Waals surface area contributed by atoms with Crippen LogP contribution in [-0.4, -0.2) is 54.5 Å². The van der Waals surface area contributed by atoms with E-state index in [1.165, 1.54) is 22.5 Å². The Morgan fingerprint density at radius 2 is 1.44 bits per heavy atom. The third-order valence-electron chi connectivity index (χ3n) is 6.56. The molecule has 3 aromatic carbocycles. The second-order valence-corrected chi connectivity index (χ2v) is 10.7. The molecule has 0 saturated carbocycles. The van der Waals surface area contributed by atoms with Crippen molar-refractivity contribution in [1.82, 2.24) is 4.31 Å². The molecule has 0 unspecified atom stereocenters. The van der Waals surface area contributed by atoms with E-state index in [1.54, 1.807) is 0 Å². The first-order chi connectivity index (χ1) is 17.3. The van der Waals surface area contributed by atoms with Crippen LogP contribution in [0.5, 0.6) is 0 Å². The number of sulfonamides is 1. The fourth-order valence-corrected chi connectivity index (χ4v) is 6.01. The third kappa shape index (κ3) is 5.58. The predicted molar refractivity (Wildman–Crippen MR) is 136 cm³/mol. The minimum absolute atomic E-state index is 0.0482. The Kier molecular flexibility index (Phi) is 7.71. The summed E-state index contributed by atoms with van der Waals surface area (Å²) in [6.45, 7) is 0.568. The van der Waals surface area contributed by atoms with Crippen molar-refractivity contribution in [2.75, 3.05) is 25.0 Å². The average molecular weight is 509 g/mol. The molecular weight excluding hydrogens is 480 g/mol. The number of hydrogen-bond donors (Lipinski definition) is 3. The van der Waals surface area contributed by atoms with Crippen LogP contribution in [0.2, 0.25) is 0 Å². The Balaban J connectivity index is 1.57. The maximum absolute atomic E-state index is 13.2. The number of carbonyl (C=O) groups is 2. The summed E-state index contributed by atoms with van der Waals surface area (Å²) in [5.74, 6) is -2.79. The van der Waals surface area contributed by atoms with Gasteiger partial charge in [0.1, 0.15) is 0 Å². The second kappa shape index (κ2) is 10.9. The number of nitrogens with one attached hydrogen (secondary N) is 1. The molecule has 8 nitrogen and oxygen atoms in total. The molecule has 0 amide bonds. The Bertz CT molecular complexity index is 1280. The van der Waals surface area contributed by atoms with E-state index in [0.29, 0.717) is 12.2 Å². The zero-order chi connectivity index (χ0) is 25.7. The van der Waals surface area contributed by atoms with Crippen LogP contribution in [-0.2, 0) is 14.8 Å². The lowest BCUT2D eigenvalue weighted by atomic mass is 9.91. The van der Waals surface area contributed by atoms with E-state index < -0.39 is 27.9 Å². The molecule has 36 heavy (non-hydrogen) atoms. The van der Waals surface area contributed by atoms with Crippen molar-refractivity contribution in [3.8, 4) is 0 Å². The summed E-state index contributed by atoms with van der Waals surface area (Å²) in [7, 11) is -3.95. The van der Waals surface area contributed by atoms with Gasteiger partial charge in [-0.05, 0) is 42.2 Å². The number of rotatable bonds is 9. The first-order valence-corrected chi connectivity index (χ1v) is 13.2. The number of carboxylic acids is 2. The molecule has 3 N–H and O–H groups in total. The highest BCUT2D eigenvalue weighted by Gasteiger charge is 2.32. The SMILES string of the molecule is O=C(O)c1cc(S(=O)(=O)N2CCC(C(=O)O)CC2)ccc1NCC(c1ccccc1)c1ccccc1. The van der Waals surface area contributed by atoms with Crippen LogP contribution in [0.25, 0.3) is 0 Å². The quantitative estimate of drug-likeness (QED) is 0.397. The van der Waals surface area contributed by atoms with Crippen LogP contribution in [0.1, 0.15) is 40.2 Å². The average Bonchev–Trinajstić information content (AvgIpc) is 2.90. The highest BCUT2D eigenvalue weighted by molar-refractivity contribution is 7.89. The lowest BCUT2D eigenvalue weighted by Crippen LogP contribution is -2.40. The first-order valence-electron chi connectivity index (χ1n) is 11.7. The number of anilines is 1. The van der Waals surface area contributed by atoms with Gasteiger partial charge in [0.15, 0.2) is 0 Å². The summed E-state index contributed by atoms with van der Waals surface area (Å²) in [4.78, 5) is 23.1. The van der Waals surface area contributed by atoms with Crippen LogP contribution in [0.15, 0.2) is 83.8 Å². The van der Waals surface area contributed by atoms with Crippen LogP contribution in [0, 0.1) is 5.92 Å². The normalized spacial score (nSPS) is 15.0. The topological polar surface area (TPSA) is 124 Å². The van der Waals surface area contributed by atoms with Crippen LogP contribution < -0.4 is 5.32 Å². The summed E-state index contributed by atoms with van der Waals surface area (Å²) in [5, 5.41) is 22.2. The zero-order valence-corrected chi connectivity index (χ0v) is 20.4. The minimum Gasteiger partial charge on any atom is -0.481 e. The largest absolute Gasteiger partial charge is 0.481 e. The molecule has 3 aromatic rings. The maximum atomic E-state index is 13.2. The molecule has 188 valence electrons. The summed E-state index contributed by atoms with van der Waals surface area (Å²) in [6, 6.07) is 23.8. The predicted octanol–water partition coefficient (Wildman–Crippen LogP) is 4.11.